The third-order valence-electron chi connectivity index (χ3n) is 3.73. The van der Waals surface area contributed by atoms with Crippen LogP contribution < -0.4 is 5.32 Å². The molecule has 0 radical (unpaired) electrons. The van der Waals surface area contributed by atoms with Crippen LogP contribution in [0.15, 0.2) is 41.1 Å². The minimum absolute atomic E-state index is 0.0280. The number of hydrogen-bond donors (Lipinski definition) is 1. The van der Waals surface area contributed by atoms with E-state index in [9.17, 15) is 9.59 Å². The molecule has 1 aromatic heterocycles. The average Bonchev–Trinajstić information content (AvgIpc) is 3.10. The second kappa shape index (κ2) is 8.86. The highest BCUT2D eigenvalue weighted by Gasteiger charge is 2.17. The number of nitrogens with zero attached hydrogens (tertiary/aromatic N) is 2. The predicted octanol–water partition coefficient (Wildman–Crippen LogP) is 3.12. The molecule has 0 bridgehead atoms. The van der Waals surface area contributed by atoms with Gasteiger partial charge < -0.3 is 14.7 Å². The molecule has 0 saturated heterocycles. The number of amides is 2. The Kier molecular flexibility index (Phi) is 6.54. The molecule has 0 aliphatic rings. The summed E-state index contributed by atoms with van der Waals surface area (Å²) in [5.74, 6) is -0.128. The Balaban J connectivity index is 1.96. The zero-order valence-electron chi connectivity index (χ0n) is 14.1. The zero-order chi connectivity index (χ0) is 17.4. The van der Waals surface area contributed by atoms with Gasteiger partial charge in [-0.2, -0.15) is 0 Å². The van der Waals surface area contributed by atoms with E-state index in [1.807, 2.05) is 31.2 Å². The monoisotopic (exact) mass is 329 g/mol. The van der Waals surface area contributed by atoms with Crippen molar-refractivity contribution < 1.29 is 14.1 Å². The number of unbranched alkanes of at least 4 members (excludes halogenated alkanes) is 1. The molecule has 2 amide bonds. The smallest absolute Gasteiger partial charge is 0.254 e. The maximum atomic E-state index is 12.6. The SMILES string of the molecule is CCCCc1ccc(C(=O)N(CC)CC(=O)Nc2ccon2)cc1. The molecule has 6 heteroatoms. The van der Waals surface area contributed by atoms with Crippen LogP contribution in [0, 0.1) is 0 Å². The summed E-state index contributed by atoms with van der Waals surface area (Å²) in [7, 11) is 0. The summed E-state index contributed by atoms with van der Waals surface area (Å²) in [5, 5.41) is 6.20. The van der Waals surface area contributed by atoms with Crippen LogP contribution >= 0.6 is 0 Å². The van der Waals surface area contributed by atoms with E-state index in [4.69, 9.17) is 0 Å². The van der Waals surface area contributed by atoms with Crippen molar-refractivity contribution in [3.63, 3.8) is 0 Å². The summed E-state index contributed by atoms with van der Waals surface area (Å²) in [6.07, 6.45) is 4.67. The first kappa shape index (κ1) is 17.7. The number of carbonyl (C=O) groups is 2. The molecule has 0 aliphatic heterocycles. The molecule has 6 nitrogen and oxygen atoms in total. The Bertz CT molecular complexity index is 651. The summed E-state index contributed by atoms with van der Waals surface area (Å²) >= 11 is 0. The summed E-state index contributed by atoms with van der Waals surface area (Å²) in [6.45, 7) is 4.42. The van der Waals surface area contributed by atoms with Crippen molar-refractivity contribution in [3.8, 4) is 0 Å². The summed E-state index contributed by atoms with van der Waals surface area (Å²) in [4.78, 5) is 26.0. The first-order valence-electron chi connectivity index (χ1n) is 8.22. The standard InChI is InChI=1S/C18H23N3O3/c1-3-5-6-14-7-9-15(10-8-14)18(23)21(4-2)13-17(22)19-16-11-12-24-20-16/h7-12H,3-6,13H2,1-2H3,(H,19,20,22). The van der Waals surface area contributed by atoms with Gasteiger partial charge in [0.25, 0.3) is 5.91 Å². The topological polar surface area (TPSA) is 75.4 Å². The van der Waals surface area contributed by atoms with Gasteiger partial charge in [-0.3, -0.25) is 9.59 Å². The fourth-order valence-electron chi connectivity index (χ4n) is 2.34. The number of aryl methyl sites for hydroxylation is 1. The molecule has 0 unspecified atom stereocenters. The van der Waals surface area contributed by atoms with Gasteiger partial charge in [-0.15, -0.1) is 0 Å². The molecule has 0 spiro atoms. The first-order chi connectivity index (χ1) is 11.6. The molecular weight excluding hydrogens is 306 g/mol. The number of benzene rings is 1. The van der Waals surface area contributed by atoms with Crippen LogP contribution in [0.25, 0.3) is 0 Å². The lowest BCUT2D eigenvalue weighted by Gasteiger charge is -2.20. The van der Waals surface area contributed by atoms with Crippen LogP contribution in [0.5, 0.6) is 0 Å². The van der Waals surface area contributed by atoms with Crippen molar-refractivity contribution in [1.82, 2.24) is 10.1 Å². The van der Waals surface area contributed by atoms with Gasteiger partial charge in [0.2, 0.25) is 5.91 Å². The van der Waals surface area contributed by atoms with E-state index < -0.39 is 0 Å². The van der Waals surface area contributed by atoms with Gasteiger partial charge in [-0.25, -0.2) is 0 Å². The molecule has 24 heavy (non-hydrogen) atoms. The van der Waals surface area contributed by atoms with E-state index in [1.165, 1.54) is 16.7 Å². The minimum atomic E-state index is -0.307. The van der Waals surface area contributed by atoms with Crippen LogP contribution in [-0.2, 0) is 11.2 Å². The fraction of sp³-hybridized carbons (Fsp3) is 0.389. The lowest BCUT2D eigenvalue weighted by atomic mass is 10.1. The molecule has 1 N–H and O–H groups in total. The van der Waals surface area contributed by atoms with Crippen LogP contribution in [0.1, 0.15) is 42.6 Å². The van der Waals surface area contributed by atoms with E-state index in [2.05, 4.69) is 21.9 Å². The highest BCUT2D eigenvalue weighted by molar-refractivity contribution is 5.99. The predicted molar refractivity (Wildman–Crippen MR) is 91.8 cm³/mol. The molecule has 1 heterocycles. The highest BCUT2D eigenvalue weighted by atomic mass is 16.5. The third kappa shape index (κ3) is 4.94. The van der Waals surface area contributed by atoms with Crippen molar-refractivity contribution in [2.24, 2.45) is 0 Å². The largest absolute Gasteiger partial charge is 0.363 e. The molecule has 0 atom stereocenters. The molecule has 0 aliphatic carbocycles. The quantitative estimate of drug-likeness (QED) is 0.807. The van der Waals surface area contributed by atoms with Gasteiger partial charge in [0.1, 0.15) is 12.8 Å². The van der Waals surface area contributed by atoms with E-state index in [-0.39, 0.29) is 18.4 Å². The highest BCUT2D eigenvalue weighted by Crippen LogP contribution is 2.11. The van der Waals surface area contributed by atoms with E-state index in [0.717, 1.165) is 19.3 Å². The van der Waals surface area contributed by atoms with Crippen molar-refractivity contribution >= 4 is 17.6 Å². The fourth-order valence-corrected chi connectivity index (χ4v) is 2.34. The number of nitrogens with one attached hydrogen (secondary N) is 1. The molecule has 1 aromatic carbocycles. The Hall–Kier alpha value is -2.63. The van der Waals surface area contributed by atoms with Crippen LogP contribution in [-0.4, -0.2) is 35.0 Å². The Morgan fingerprint density at radius 3 is 2.50 bits per heavy atom. The molecule has 2 rings (SSSR count). The Labute approximate surface area is 141 Å². The number of anilines is 1. The lowest BCUT2D eigenvalue weighted by Crippen LogP contribution is -2.37. The number of hydrogen-bond acceptors (Lipinski definition) is 4. The second-order valence-electron chi connectivity index (χ2n) is 5.55. The first-order valence-corrected chi connectivity index (χ1v) is 8.22. The molecule has 0 saturated carbocycles. The Morgan fingerprint density at radius 2 is 1.92 bits per heavy atom. The third-order valence-corrected chi connectivity index (χ3v) is 3.73. The van der Waals surface area contributed by atoms with Gasteiger partial charge in [-0.1, -0.05) is 30.6 Å². The summed E-state index contributed by atoms with van der Waals surface area (Å²) < 4.78 is 4.66. The van der Waals surface area contributed by atoms with Gasteiger partial charge >= 0.3 is 0 Å². The van der Waals surface area contributed by atoms with Gasteiger partial charge in [0.15, 0.2) is 5.82 Å². The lowest BCUT2D eigenvalue weighted by molar-refractivity contribution is -0.116. The van der Waals surface area contributed by atoms with Crippen LogP contribution in [0.4, 0.5) is 5.82 Å². The van der Waals surface area contributed by atoms with Crippen LogP contribution in [0.3, 0.4) is 0 Å². The zero-order valence-corrected chi connectivity index (χ0v) is 14.1. The number of likely N-dealkylation sites (N-methyl/N-ethyl adjacent to an activating group) is 1. The summed E-state index contributed by atoms with van der Waals surface area (Å²) in [6, 6.07) is 9.15. The van der Waals surface area contributed by atoms with E-state index >= 15 is 0 Å². The van der Waals surface area contributed by atoms with E-state index in [0.29, 0.717) is 17.9 Å². The maximum absolute atomic E-state index is 12.6. The van der Waals surface area contributed by atoms with Crippen molar-refractivity contribution in [1.29, 1.82) is 0 Å². The Morgan fingerprint density at radius 1 is 1.17 bits per heavy atom. The number of aromatic nitrogens is 1. The van der Waals surface area contributed by atoms with Crippen molar-refractivity contribution in [3.05, 3.63) is 47.7 Å². The number of carbonyl (C=O) groups excluding carboxylic acids is 2. The van der Waals surface area contributed by atoms with Crippen molar-refractivity contribution in [2.45, 2.75) is 33.1 Å². The molecular formula is C18H23N3O3. The maximum Gasteiger partial charge on any atom is 0.254 e. The second-order valence-corrected chi connectivity index (χ2v) is 5.55. The molecule has 2 aromatic rings. The van der Waals surface area contributed by atoms with Crippen LogP contribution in [0.2, 0.25) is 0 Å². The summed E-state index contributed by atoms with van der Waals surface area (Å²) in [5.41, 5.74) is 1.81. The van der Waals surface area contributed by atoms with Gasteiger partial charge in [0, 0.05) is 18.2 Å². The molecule has 128 valence electrons. The van der Waals surface area contributed by atoms with E-state index in [1.54, 1.807) is 6.07 Å². The van der Waals surface area contributed by atoms with Gasteiger partial charge in [0.05, 0.1) is 0 Å². The normalized spacial score (nSPS) is 10.4. The molecule has 0 fully saturated rings. The van der Waals surface area contributed by atoms with Crippen molar-refractivity contribution in [2.75, 3.05) is 18.4 Å². The average molecular weight is 329 g/mol. The van der Waals surface area contributed by atoms with Gasteiger partial charge in [-0.05, 0) is 37.5 Å². The minimum Gasteiger partial charge on any atom is -0.363 e. The number of rotatable bonds is 8.